The highest BCUT2D eigenvalue weighted by atomic mass is 35.5. The molecule has 0 bridgehead atoms. The summed E-state index contributed by atoms with van der Waals surface area (Å²) in [7, 11) is 0. The van der Waals surface area contributed by atoms with Crippen molar-refractivity contribution in [2.75, 3.05) is 19.6 Å². The van der Waals surface area contributed by atoms with Crippen LogP contribution in [-0.2, 0) is 11.4 Å². The van der Waals surface area contributed by atoms with Crippen LogP contribution in [0.2, 0.25) is 5.02 Å². The lowest BCUT2D eigenvalue weighted by Gasteiger charge is -2.31. The highest BCUT2D eigenvalue weighted by Gasteiger charge is 2.20. The van der Waals surface area contributed by atoms with Crippen molar-refractivity contribution in [3.05, 3.63) is 45.4 Å². The second-order valence-electron chi connectivity index (χ2n) is 6.96. The second-order valence-corrected chi connectivity index (χ2v) is 8.34. The molecule has 1 aliphatic heterocycles. The van der Waals surface area contributed by atoms with Crippen molar-refractivity contribution in [3.8, 4) is 5.75 Å². The molecule has 1 fully saturated rings. The Morgan fingerprint density at radius 1 is 1.36 bits per heavy atom. The van der Waals surface area contributed by atoms with Gasteiger partial charge in [-0.25, -0.2) is 4.98 Å². The first kappa shape index (κ1) is 20.6. The summed E-state index contributed by atoms with van der Waals surface area (Å²) in [6, 6.07) is 7.07. The summed E-state index contributed by atoms with van der Waals surface area (Å²) in [4.78, 5) is 30.7. The average Bonchev–Trinajstić information content (AvgIpc) is 3.16. The lowest BCUT2D eigenvalue weighted by atomic mass is 10.00. The van der Waals surface area contributed by atoms with Gasteiger partial charge in [0.25, 0.3) is 5.91 Å². The minimum atomic E-state index is -0.270. The molecule has 1 aliphatic rings. The van der Waals surface area contributed by atoms with Crippen molar-refractivity contribution < 1.29 is 14.3 Å². The van der Waals surface area contributed by atoms with E-state index in [1.54, 1.807) is 29.6 Å². The summed E-state index contributed by atoms with van der Waals surface area (Å²) in [6.45, 7) is 4.40. The molecule has 8 heteroatoms. The van der Waals surface area contributed by atoms with Gasteiger partial charge < -0.3 is 15.0 Å². The zero-order valence-corrected chi connectivity index (χ0v) is 17.4. The van der Waals surface area contributed by atoms with Gasteiger partial charge in [0.15, 0.2) is 0 Å². The molecule has 2 aromatic rings. The van der Waals surface area contributed by atoms with E-state index in [4.69, 9.17) is 16.3 Å². The summed E-state index contributed by atoms with van der Waals surface area (Å²) in [5, 5.41) is 5.83. The number of benzene rings is 1. The van der Waals surface area contributed by atoms with Crippen LogP contribution in [0.25, 0.3) is 0 Å². The Labute approximate surface area is 173 Å². The molecule has 1 atom stereocenters. The molecule has 2 amide bonds. The van der Waals surface area contributed by atoms with Gasteiger partial charge in [-0.2, -0.15) is 0 Å². The zero-order valence-electron chi connectivity index (χ0n) is 15.8. The van der Waals surface area contributed by atoms with Gasteiger partial charge in [0, 0.05) is 36.5 Å². The highest BCUT2D eigenvalue weighted by Crippen LogP contribution is 2.18. The third kappa shape index (κ3) is 5.94. The number of thiazole rings is 1. The van der Waals surface area contributed by atoms with Crippen LogP contribution in [0.4, 0.5) is 0 Å². The minimum absolute atomic E-state index is 0.0992. The number of amides is 2. The molecular formula is C20H24ClN3O3S. The zero-order chi connectivity index (χ0) is 19.9. The van der Waals surface area contributed by atoms with Crippen LogP contribution in [0.5, 0.6) is 5.75 Å². The predicted molar refractivity (Wildman–Crippen MR) is 110 cm³/mol. The number of nitrogens with one attached hydrogen (secondary N) is 1. The Morgan fingerprint density at radius 2 is 2.14 bits per heavy atom. The van der Waals surface area contributed by atoms with E-state index < -0.39 is 0 Å². The fourth-order valence-electron chi connectivity index (χ4n) is 3.10. The molecule has 1 aromatic carbocycles. The number of likely N-dealkylation sites (tertiary alicyclic amines) is 1. The summed E-state index contributed by atoms with van der Waals surface area (Å²) in [5.74, 6) is 1.07. The molecule has 0 aliphatic carbocycles. The topological polar surface area (TPSA) is 71.5 Å². The number of halogens is 1. The van der Waals surface area contributed by atoms with E-state index in [-0.39, 0.29) is 18.4 Å². The largest absolute Gasteiger partial charge is 0.486 e. The second kappa shape index (κ2) is 9.89. The number of hydrogen-bond donors (Lipinski definition) is 1. The van der Waals surface area contributed by atoms with Crippen molar-refractivity contribution in [1.29, 1.82) is 0 Å². The number of piperidine rings is 1. The van der Waals surface area contributed by atoms with Crippen molar-refractivity contribution in [1.82, 2.24) is 15.2 Å². The molecule has 150 valence electrons. The third-order valence-electron chi connectivity index (χ3n) is 4.59. The molecule has 1 unspecified atom stereocenters. The number of carbonyl (C=O) groups excluding carboxylic acids is 2. The van der Waals surface area contributed by atoms with E-state index in [0.29, 0.717) is 40.4 Å². The van der Waals surface area contributed by atoms with Gasteiger partial charge in [-0.1, -0.05) is 18.5 Å². The Balaban J connectivity index is 1.41. The van der Waals surface area contributed by atoms with Gasteiger partial charge in [-0.05, 0) is 43.0 Å². The number of nitrogens with zero attached hydrogens (tertiary/aromatic N) is 2. The maximum atomic E-state index is 12.2. The van der Waals surface area contributed by atoms with Crippen molar-refractivity contribution >= 4 is 34.8 Å². The first-order valence-corrected chi connectivity index (χ1v) is 10.7. The predicted octanol–water partition coefficient (Wildman–Crippen LogP) is 3.75. The smallest absolute Gasteiger partial charge is 0.270 e. The molecule has 2 heterocycles. The van der Waals surface area contributed by atoms with Crippen molar-refractivity contribution in [3.63, 3.8) is 0 Å². The van der Waals surface area contributed by atoms with Crippen LogP contribution in [0.3, 0.4) is 0 Å². The molecule has 0 radical (unpaired) electrons. The first-order chi connectivity index (χ1) is 13.5. The van der Waals surface area contributed by atoms with E-state index in [1.807, 2.05) is 4.90 Å². The van der Waals surface area contributed by atoms with E-state index >= 15 is 0 Å². The van der Waals surface area contributed by atoms with E-state index in [1.165, 1.54) is 17.8 Å². The van der Waals surface area contributed by atoms with Crippen LogP contribution >= 0.6 is 22.9 Å². The molecular weight excluding hydrogens is 398 g/mol. The molecule has 28 heavy (non-hydrogen) atoms. The van der Waals surface area contributed by atoms with Gasteiger partial charge in [0.2, 0.25) is 5.91 Å². The molecule has 3 rings (SSSR count). The van der Waals surface area contributed by atoms with Crippen LogP contribution < -0.4 is 10.1 Å². The van der Waals surface area contributed by atoms with E-state index in [0.717, 1.165) is 19.5 Å². The van der Waals surface area contributed by atoms with Crippen LogP contribution in [0.1, 0.15) is 41.7 Å². The van der Waals surface area contributed by atoms with E-state index in [2.05, 4.69) is 17.2 Å². The molecule has 6 nitrogen and oxygen atoms in total. The number of ether oxygens (including phenoxy) is 1. The summed E-state index contributed by atoms with van der Waals surface area (Å²) < 4.78 is 5.64. The van der Waals surface area contributed by atoms with Crippen molar-refractivity contribution in [2.45, 2.75) is 32.8 Å². The normalized spacial score (nSPS) is 16.6. The van der Waals surface area contributed by atoms with Crippen LogP contribution in [0.15, 0.2) is 29.6 Å². The molecule has 1 N–H and O–H groups in total. The van der Waals surface area contributed by atoms with Gasteiger partial charge >= 0.3 is 0 Å². The maximum Gasteiger partial charge on any atom is 0.270 e. The van der Waals surface area contributed by atoms with Crippen LogP contribution in [-0.4, -0.2) is 41.3 Å². The fraction of sp³-hybridized carbons (Fsp3) is 0.450. The summed E-state index contributed by atoms with van der Waals surface area (Å²) >= 11 is 7.21. The number of hydrogen-bond acceptors (Lipinski definition) is 5. The Bertz CT molecular complexity index is 809. The molecule has 0 saturated carbocycles. The Morgan fingerprint density at radius 3 is 2.89 bits per heavy atom. The highest BCUT2D eigenvalue weighted by molar-refractivity contribution is 7.09. The quantitative estimate of drug-likeness (QED) is 0.738. The average molecular weight is 422 g/mol. The third-order valence-corrected chi connectivity index (χ3v) is 5.67. The van der Waals surface area contributed by atoms with Gasteiger partial charge in [-0.15, -0.1) is 11.3 Å². The summed E-state index contributed by atoms with van der Waals surface area (Å²) in [6.07, 6.45) is 2.54. The van der Waals surface area contributed by atoms with Crippen LogP contribution in [0, 0.1) is 5.92 Å². The minimum Gasteiger partial charge on any atom is -0.486 e. The SMILES string of the molecule is CC1CCCN(C(=O)CCNC(=O)c2csc(COc3ccc(Cl)cc3)n2)C1. The lowest BCUT2D eigenvalue weighted by Crippen LogP contribution is -2.40. The summed E-state index contributed by atoms with van der Waals surface area (Å²) in [5.41, 5.74) is 0.346. The molecule has 1 aromatic heterocycles. The number of carbonyl (C=O) groups is 2. The lowest BCUT2D eigenvalue weighted by molar-refractivity contribution is -0.132. The monoisotopic (exact) mass is 421 g/mol. The van der Waals surface area contributed by atoms with Gasteiger partial charge in [-0.3, -0.25) is 9.59 Å². The maximum absolute atomic E-state index is 12.2. The van der Waals surface area contributed by atoms with Gasteiger partial charge in [0.05, 0.1) is 0 Å². The Kier molecular flexibility index (Phi) is 7.28. The van der Waals surface area contributed by atoms with E-state index in [9.17, 15) is 9.59 Å². The molecule has 0 spiro atoms. The number of rotatable bonds is 7. The van der Waals surface area contributed by atoms with Crippen molar-refractivity contribution in [2.24, 2.45) is 5.92 Å². The number of aromatic nitrogens is 1. The first-order valence-electron chi connectivity index (χ1n) is 9.40. The fourth-order valence-corrected chi connectivity index (χ4v) is 3.92. The Hall–Kier alpha value is -2.12. The standard InChI is InChI=1S/C20H24ClN3O3S/c1-14-3-2-10-24(11-14)19(25)8-9-22-20(26)17-13-28-18(23-17)12-27-16-6-4-15(21)5-7-16/h4-7,13-14H,2-3,8-12H2,1H3,(H,22,26). The van der Waals surface area contributed by atoms with Gasteiger partial charge in [0.1, 0.15) is 23.1 Å². The molecule has 1 saturated heterocycles.